The molecule has 2 unspecified atom stereocenters. The van der Waals surface area contributed by atoms with Crippen LogP contribution in [0.4, 0.5) is 0 Å². The summed E-state index contributed by atoms with van der Waals surface area (Å²) in [5, 5.41) is 0. The summed E-state index contributed by atoms with van der Waals surface area (Å²) in [5.41, 5.74) is 3.18. The molecule has 2 heteroatoms. The molecule has 0 saturated carbocycles. The Bertz CT molecular complexity index is 505. The fraction of sp³-hybridized carbons (Fsp3) is 0.692. The lowest BCUT2D eigenvalue weighted by atomic mass is 10.0. The lowest BCUT2D eigenvalue weighted by molar-refractivity contribution is -0.842. The van der Waals surface area contributed by atoms with Crippen molar-refractivity contribution in [2.24, 2.45) is 0 Å². The second-order valence-electron chi connectivity index (χ2n) is 9.21. The molecule has 3 aliphatic heterocycles. The molecule has 0 fully saturated rings. The molecule has 0 spiro atoms. The van der Waals surface area contributed by atoms with Crippen LogP contribution in [-0.2, 0) is 0 Å². The zero-order valence-corrected chi connectivity index (χ0v) is 18.2. The number of nitrogens with one attached hydrogen (secondary N) is 2. The van der Waals surface area contributed by atoms with Crippen LogP contribution in [0.5, 0.6) is 0 Å². The van der Waals surface area contributed by atoms with Crippen molar-refractivity contribution >= 4 is 0 Å². The van der Waals surface area contributed by atoms with E-state index in [2.05, 4.69) is 36.7 Å². The molecule has 0 aromatic rings. The molecule has 0 aliphatic carbocycles. The Kier molecular flexibility index (Phi) is 10.2. The monoisotopic (exact) mass is 384 g/mol. The van der Waals surface area contributed by atoms with Crippen molar-refractivity contribution in [2.75, 3.05) is 26.2 Å². The quantitative estimate of drug-likeness (QED) is 0.621. The molecule has 3 rings (SSSR count). The highest BCUT2D eigenvalue weighted by molar-refractivity contribution is 5.18. The van der Waals surface area contributed by atoms with E-state index >= 15 is 0 Å². The first-order valence-corrected chi connectivity index (χ1v) is 12.3. The van der Waals surface area contributed by atoms with E-state index in [4.69, 9.17) is 0 Å². The number of rotatable bonds is 0. The van der Waals surface area contributed by atoms with Crippen LogP contribution >= 0.6 is 0 Å². The van der Waals surface area contributed by atoms with Gasteiger partial charge in [0, 0.05) is 11.1 Å². The Balaban J connectivity index is 1.43. The summed E-state index contributed by atoms with van der Waals surface area (Å²) in [6, 6.07) is 0. The molecule has 0 aromatic heterocycles. The third kappa shape index (κ3) is 8.49. The van der Waals surface area contributed by atoms with Gasteiger partial charge >= 0.3 is 0 Å². The van der Waals surface area contributed by atoms with Crippen LogP contribution in [-0.4, -0.2) is 26.2 Å². The number of hydrogen-bond acceptors (Lipinski definition) is 0. The van der Waals surface area contributed by atoms with Crippen molar-refractivity contribution in [1.29, 1.82) is 0 Å². The summed E-state index contributed by atoms with van der Waals surface area (Å²) in [6.45, 7) is 5.05. The van der Waals surface area contributed by atoms with Gasteiger partial charge < -0.3 is 9.80 Å². The normalized spacial score (nSPS) is 29.1. The van der Waals surface area contributed by atoms with Crippen LogP contribution in [0.25, 0.3) is 0 Å². The van der Waals surface area contributed by atoms with Gasteiger partial charge in [-0.15, -0.1) is 0 Å². The maximum atomic E-state index is 2.53. The molecular weight excluding hydrogens is 340 g/mol. The van der Waals surface area contributed by atoms with Crippen molar-refractivity contribution < 1.29 is 9.80 Å². The second-order valence-corrected chi connectivity index (χ2v) is 9.21. The second kappa shape index (κ2) is 13.2. The van der Waals surface area contributed by atoms with Crippen molar-refractivity contribution in [3.8, 4) is 0 Å². The van der Waals surface area contributed by atoms with Gasteiger partial charge in [-0.1, -0.05) is 50.7 Å². The SMILES string of the molecule is C1=CC2=C[NH+](C1)CCCCCCCCC1=C[NH+](CC=C1)CCCCCCCC2. The van der Waals surface area contributed by atoms with Crippen molar-refractivity contribution in [3.63, 3.8) is 0 Å². The van der Waals surface area contributed by atoms with Crippen molar-refractivity contribution in [1.82, 2.24) is 0 Å². The molecule has 0 aromatic carbocycles. The Morgan fingerprint density at radius 3 is 1.32 bits per heavy atom. The Labute approximate surface area is 174 Å². The third-order valence-corrected chi connectivity index (χ3v) is 6.63. The summed E-state index contributed by atoms with van der Waals surface area (Å²) in [4.78, 5) is 3.37. The molecule has 28 heavy (non-hydrogen) atoms. The predicted octanol–water partition coefficient (Wildman–Crippen LogP) is 4.14. The fourth-order valence-corrected chi connectivity index (χ4v) is 4.90. The van der Waals surface area contributed by atoms with E-state index in [-0.39, 0.29) is 0 Å². The van der Waals surface area contributed by atoms with Crippen LogP contribution in [0.2, 0.25) is 0 Å². The van der Waals surface area contributed by atoms with Crippen LogP contribution in [0, 0.1) is 0 Å². The number of fused-ring (bicyclic) bond motifs is 2. The topological polar surface area (TPSA) is 8.88 Å². The predicted molar refractivity (Wildman–Crippen MR) is 120 cm³/mol. The van der Waals surface area contributed by atoms with Crippen LogP contribution in [0.1, 0.15) is 89.9 Å². The summed E-state index contributed by atoms with van der Waals surface area (Å²) in [6.07, 6.45) is 34.1. The van der Waals surface area contributed by atoms with Gasteiger partial charge in [-0.05, 0) is 63.5 Å². The number of quaternary nitrogens is 2. The zero-order chi connectivity index (χ0) is 19.3. The molecular formula is C26H44N2+2. The average molecular weight is 385 g/mol. The minimum atomic E-state index is 1.20. The van der Waals surface area contributed by atoms with Crippen LogP contribution < -0.4 is 9.80 Å². The molecule has 2 N–H and O–H groups in total. The highest BCUT2D eigenvalue weighted by atomic mass is 15.1. The summed E-state index contributed by atoms with van der Waals surface area (Å²) >= 11 is 0. The van der Waals surface area contributed by atoms with Gasteiger partial charge in [0.05, 0.1) is 25.5 Å². The summed E-state index contributed by atoms with van der Waals surface area (Å²) < 4.78 is 0. The first-order chi connectivity index (χ1) is 13.9. The van der Waals surface area contributed by atoms with Gasteiger partial charge in [-0.25, -0.2) is 0 Å². The Hall–Kier alpha value is -1.12. The van der Waals surface area contributed by atoms with Gasteiger partial charge in [-0.2, -0.15) is 0 Å². The summed E-state index contributed by atoms with van der Waals surface area (Å²) in [7, 11) is 0. The van der Waals surface area contributed by atoms with E-state index in [0.717, 1.165) is 0 Å². The van der Waals surface area contributed by atoms with E-state index in [9.17, 15) is 0 Å². The smallest absolute Gasteiger partial charge is 0.100 e. The highest BCUT2D eigenvalue weighted by Gasteiger charge is 2.11. The fourth-order valence-electron chi connectivity index (χ4n) is 4.90. The minimum Gasteiger partial charge on any atom is -0.305 e. The molecule has 4 bridgehead atoms. The van der Waals surface area contributed by atoms with Gasteiger partial charge in [0.25, 0.3) is 0 Å². The molecule has 3 aliphatic rings. The maximum Gasteiger partial charge on any atom is 0.100 e. The average Bonchev–Trinajstić information content (AvgIpc) is 2.72. The number of allylic oxidation sites excluding steroid dienone is 4. The largest absolute Gasteiger partial charge is 0.305 e. The molecule has 2 atom stereocenters. The third-order valence-electron chi connectivity index (χ3n) is 6.63. The van der Waals surface area contributed by atoms with E-state index in [1.165, 1.54) is 116 Å². The molecule has 0 radical (unpaired) electrons. The summed E-state index contributed by atoms with van der Waals surface area (Å²) in [5.74, 6) is 0. The molecule has 3 heterocycles. The molecule has 2 nitrogen and oxygen atoms in total. The first kappa shape index (κ1) is 21.6. The zero-order valence-electron chi connectivity index (χ0n) is 18.2. The van der Waals surface area contributed by atoms with E-state index in [1.54, 1.807) is 20.9 Å². The molecule has 0 saturated heterocycles. The number of hydrogen-bond donors (Lipinski definition) is 2. The lowest BCUT2D eigenvalue weighted by Gasteiger charge is -2.18. The van der Waals surface area contributed by atoms with Crippen LogP contribution in [0.3, 0.4) is 0 Å². The maximum absolute atomic E-state index is 2.53. The molecule has 156 valence electrons. The Morgan fingerprint density at radius 2 is 0.857 bits per heavy atom. The van der Waals surface area contributed by atoms with Gasteiger partial charge in [-0.3, -0.25) is 0 Å². The highest BCUT2D eigenvalue weighted by Crippen LogP contribution is 2.14. The van der Waals surface area contributed by atoms with E-state index in [1.807, 2.05) is 0 Å². The van der Waals surface area contributed by atoms with Crippen molar-refractivity contribution in [2.45, 2.75) is 89.9 Å². The van der Waals surface area contributed by atoms with E-state index in [0.29, 0.717) is 0 Å². The molecule has 0 amide bonds. The standard InChI is InChI=1S/C26H42N2/c1-3-7-11-19-27-21-14-18-26(24-27)16-10-6-2-4-8-12-20-28-22-13-17-25(23-28)15-9-5-1/h13-14,17-18,23-24H,1-12,15-16,19-22H2/p+2. The Morgan fingerprint density at radius 1 is 0.464 bits per heavy atom. The van der Waals surface area contributed by atoms with Gasteiger partial charge in [0.1, 0.15) is 13.1 Å². The lowest BCUT2D eigenvalue weighted by Crippen LogP contribution is -3.07. The van der Waals surface area contributed by atoms with Gasteiger partial charge in [0.15, 0.2) is 0 Å². The van der Waals surface area contributed by atoms with Crippen LogP contribution in [0.15, 0.2) is 47.9 Å². The van der Waals surface area contributed by atoms with Crippen molar-refractivity contribution in [3.05, 3.63) is 47.9 Å². The minimum absolute atomic E-state index is 1.20. The van der Waals surface area contributed by atoms with Gasteiger partial charge in [0.2, 0.25) is 0 Å². The van der Waals surface area contributed by atoms with E-state index < -0.39 is 0 Å². The first-order valence-electron chi connectivity index (χ1n) is 12.3.